The predicted octanol–water partition coefficient (Wildman–Crippen LogP) is 1.22. The highest BCUT2D eigenvalue weighted by Gasteiger charge is 2.45. The minimum absolute atomic E-state index is 0.0159. The first-order valence-electron chi connectivity index (χ1n) is 8.97. The summed E-state index contributed by atoms with van der Waals surface area (Å²) in [5.41, 5.74) is 5.70. The van der Waals surface area contributed by atoms with Crippen LogP contribution < -0.4 is 5.73 Å². The van der Waals surface area contributed by atoms with Crippen molar-refractivity contribution in [1.29, 1.82) is 0 Å². The number of aliphatic imine (C=N–C) groups is 1. The van der Waals surface area contributed by atoms with Gasteiger partial charge in [0.15, 0.2) is 0 Å². The van der Waals surface area contributed by atoms with Crippen molar-refractivity contribution in [3.63, 3.8) is 0 Å². The smallest absolute Gasteiger partial charge is 0.219 e. The number of hydrogen-bond donors (Lipinski definition) is 6. The van der Waals surface area contributed by atoms with Crippen molar-refractivity contribution in [3.8, 4) is 0 Å². The molecule has 0 aromatic heterocycles. The molecule has 15 heteroatoms. The summed E-state index contributed by atoms with van der Waals surface area (Å²) in [6, 6.07) is -0.593. The van der Waals surface area contributed by atoms with Crippen molar-refractivity contribution in [2.45, 2.75) is 31.1 Å². The zero-order chi connectivity index (χ0) is 23.1. The second kappa shape index (κ2) is 9.30. The molecule has 7 atom stereocenters. The molecule has 2 rings (SSSR count). The van der Waals surface area contributed by atoms with Crippen LogP contribution in [-0.4, -0.2) is 78.5 Å². The summed E-state index contributed by atoms with van der Waals surface area (Å²) in [7, 11) is -12.2. The summed E-state index contributed by atoms with van der Waals surface area (Å²) in [6.07, 6.45) is -0.880. The van der Waals surface area contributed by atoms with Crippen LogP contribution in [0.1, 0.15) is 12.8 Å². The highest BCUT2D eigenvalue weighted by atomic mass is 79.9. The van der Waals surface area contributed by atoms with E-state index < -0.39 is 58.1 Å². The minimum Gasteiger partial charge on any atom is -0.390 e. The van der Waals surface area contributed by atoms with E-state index in [-0.39, 0.29) is 30.7 Å². The van der Waals surface area contributed by atoms with Gasteiger partial charge in [0, 0.05) is 19.0 Å². The third kappa shape index (κ3) is 6.86. The Hall–Kier alpha value is -0.280. The van der Waals surface area contributed by atoms with Crippen LogP contribution in [0.3, 0.4) is 0 Å². The molecule has 7 N–H and O–H groups in total. The third-order valence-electron chi connectivity index (χ3n) is 4.95. The van der Waals surface area contributed by atoms with E-state index >= 15 is 0 Å². The molecule has 4 unspecified atom stereocenters. The van der Waals surface area contributed by atoms with E-state index in [0.717, 1.165) is 6.66 Å². The van der Waals surface area contributed by atoms with Crippen molar-refractivity contribution in [2.24, 2.45) is 16.6 Å². The van der Waals surface area contributed by atoms with Crippen LogP contribution in [0, 0.1) is 5.92 Å². The average molecular weight is 550 g/mol. The van der Waals surface area contributed by atoms with Crippen LogP contribution >= 0.6 is 38.0 Å². The zero-order valence-electron chi connectivity index (χ0n) is 16.3. The van der Waals surface area contributed by atoms with E-state index in [1.54, 1.807) is 11.1 Å². The van der Waals surface area contributed by atoms with Gasteiger partial charge in [0.2, 0.25) is 22.1 Å². The number of aliphatic hydroxyl groups excluding tert-OH is 2. The number of nitrogens with two attached hydrogens (primary N) is 1. The molecule has 0 aromatic carbocycles. The normalized spacial score (nSPS) is 33.3. The molecule has 0 radical (unpaired) electrons. The lowest BCUT2D eigenvalue weighted by Crippen LogP contribution is -2.41. The van der Waals surface area contributed by atoms with Gasteiger partial charge in [0.25, 0.3) is 0 Å². The maximum absolute atomic E-state index is 12.4. The first kappa shape index (κ1) is 26.0. The summed E-state index contributed by atoms with van der Waals surface area (Å²) >= 11 is 3.24. The topological polar surface area (TPSA) is 194 Å². The van der Waals surface area contributed by atoms with Gasteiger partial charge in [-0.25, -0.2) is 4.99 Å². The minimum atomic E-state index is -4.28. The molecule has 0 aromatic rings. The molecule has 1 saturated carbocycles. The number of rotatable bonds is 8. The third-order valence-corrected chi connectivity index (χ3v) is 13.9. The zero-order valence-corrected chi connectivity index (χ0v) is 20.6. The Balaban J connectivity index is 2.03. The fraction of sp³-hybridized carbons (Fsp3) is 0.667. The van der Waals surface area contributed by atoms with Crippen LogP contribution in [0.2, 0.25) is 0 Å². The van der Waals surface area contributed by atoms with Gasteiger partial charge in [-0.3, -0.25) is 13.7 Å². The SMILES string of the molecule is C=C1N=C(N)C(Br)=CN1[C@@H]1C[C@H](CCP(=O)(O)CP(=O)(O)CP(C)(=O)O)C(O)[C@@H]1O. The molecule has 1 aliphatic heterocycles. The fourth-order valence-corrected chi connectivity index (χ4v) is 12.5. The largest absolute Gasteiger partial charge is 0.390 e. The van der Waals surface area contributed by atoms with Gasteiger partial charge in [-0.15, -0.1) is 0 Å². The highest BCUT2D eigenvalue weighted by molar-refractivity contribution is 9.12. The molecular formula is C15H27BrN3O8P3. The van der Waals surface area contributed by atoms with Gasteiger partial charge in [-0.1, -0.05) is 6.58 Å². The van der Waals surface area contributed by atoms with Gasteiger partial charge >= 0.3 is 0 Å². The van der Waals surface area contributed by atoms with Crippen LogP contribution in [0.4, 0.5) is 0 Å². The molecule has 0 amide bonds. The van der Waals surface area contributed by atoms with Gasteiger partial charge in [-0.05, 0) is 34.7 Å². The van der Waals surface area contributed by atoms with E-state index in [0.29, 0.717) is 4.48 Å². The van der Waals surface area contributed by atoms with Gasteiger partial charge in [0.05, 0.1) is 16.6 Å². The molecule has 0 spiro atoms. The van der Waals surface area contributed by atoms with Crippen molar-refractivity contribution in [2.75, 3.05) is 24.6 Å². The monoisotopic (exact) mass is 549 g/mol. The second-order valence-electron chi connectivity index (χ2n) is 7.88. The number of nitrogens with zero attached hydrogens (tertiary/aromatic N) is 2. The maximum atomic E-state index is 12.4. The highest BCUT2D eigenvalue weighted by Crippen LogP contribution is 2.63. The van der Waals surface area contributed by atoms with Crippen molar-refractivity contribution in [1.82, 2.24) is 4.90 Å². The number of aliphatic hydroxyl groups is 2. The standard InChI is InChI=1S/C15H27BrN3O8P3/c1-9-18-15(17)11(16)6-19(9)12-5-10(13(20)14(12)21)3-4-29(24,25)8-30(26,27)7-28(2,22)23/h6,10,12-14,20-21H,1,3-5,7-8H2,2H3,(H2,17,18)(H,22,23)(H,24,25)(H,26,27)/t10-,12+,13?,14+/m0/s1. The number of amidine groups is 1. The Bertz CT molecular complexity index is 904. The summed E-state index contributed by atoms with van der Waals surface area (Å²) in [5, 5.41) is 20.9. The second-order valence-corrected chi connectivity index (χ2v) is 16.9. The van der Waals surface area contributed by atoms with Crippen LogP contribution in [0.25, 0.3) is 0 Å². The fourth-order valence-electron chi connectivity index (χ4n) is 3.70. The van der Waals surface area contributed by atoms with Gasteiger partial charge < -0.3 is 35.5 Å². The summed E-state index contributed by atoms with van der Waals surface area (Å²) in [6.45, 7) is 4.69. The maximum Gasteiger partial charge on any atom is 0.219 e. The average Bonchev–Trinajstić information content (AvgIpc) is 2.81. The first-order valence-corrected chi connectivity index (χ1v) is 16.1. The Morgan fingerprint density at radius 1 is 1.20 bits per heavy atom. The Labute approximate surface area is 182 Å². The van der Waals surface area contributed by atoms with E-state index in [9.17, 15) is 38.6 Å². The summed E-state index contributed by atoms with van der Waals surface area (Å²) in [5.74, 6) is -1.97. The van der Waals surface area contributed by atoms with Crippen LogP contribution in [0.15, 0.2) is 28.1 Å². The van der Waals surface area contributed by atoms with Crippen molar-refractivity contribution < 1.29 is 38.6 Å². The quantitative estimate of drug-likeness (QED) is 0.239. The summed E-state index contributed by atoms with van der Waals surface area (Å²) < 4.78 is 36.3. The molecule has 1 heterocycles. The van der Waals surface area contributed by atoms with Crippen LogP contribution in [-0.2, 0) is 13.7 Å². The Kier molecular flexibility index (Phi) is 8.05. The van der Waals surface area contributed by atoms with Crippen LogP contribution in [0.5, 0.6) is 0 Å². The molecule has 172 valence electrons. The predicted molar refractivity (Wildman–Crippen MR) is 118 cm³/mol. The number of halogens is 1. The van der Waals surface area contributed by atoms with Gasteiger partial charge in [0.1, 0.15) is 29.6 Å². The van der Waals surface area contributed by atoms with E-state index in [1.165, 1.54) is 0 Å². The lowest BCUT2D eigenvalue weighted by molar-refractivity contribution is 0.00000529. The number of hydrogen-bond acceptors (Lipinski definition) is 8. The van der Waals surface area contributed by atoms with E-state index in [4.69, 9.17) is 5.73 Å². The molecule has 1 aliphatic carbocycles. The van der Waals surface area contributed by atoms with Crippen molar-refractivity contribution in [3.05, 3.63) is 23.1 Å². The molecule has 1 fully saturated rings. The molecule has 11 nitrogen and oxygen atoms in total. The molecule has 30 heavy (non-hydrogen) atoms. The van der Waals surface area contributed by atoms with E-state index in [2.05, 4.69) is 27.5 Å². The Morgan fingerprint density at radius 2 is 1.80 bits per heavy atom. The summed E-state index contributed by atoms with van der Waals surface area (Å²) in [4.78, 5) is 34.8. The first-order chi connectivity index (χ1) is 13.5. The van der Waals surface area contributed by atoms with Crippen molar-refractivity contribution >= 4 is 43.9 Å². The Morgan fingerprint density at radius 3 is 2.37 bits per heavy atom. The molecule has 0 bridgehead atoms. The molecular weight excluding hydrogens is 523 g/mol. The lowest BCUT2D eigenvalue weighted by Gasteiger charge is -2.32. The molecule has 0 saturated heterocycles. The lowest BCUT2D eigenvalue weighted by atomic mass is 10.0. The van der Waals surface area contributed by atoms with E-state index in [1.807, 2.05) is 0 Å². The molecule has 2 aliphatic rings. The van der Waals surface area contributed by atoms with Gasteiger partial charge in [-0.2, -0.15) is 0 Å².